The van der Waals surface area contributed by atoms with Crippen LogP contribution in [0.3, 0.4) is 0 Å². The summed E-state index contributed by atoms with van der Waals surface area (Å²) in [7, 11) is 0. The quantitative estimate of drug-likeness (QED) is 0.314. The molecule has 0 radical (unpaired) electrons. The molecular formula is C25H30N4O4S. The maximum absolute atomic E-state index is 9.54. The van der Waals surface area contributed by atoms with Crippen molar-refractivity contribution in [2.45, 2.75) is 25.0 Å². The van der Waals surface area contributed by atoms with E-state index in [0.29, 0.717) is 36.8 Å². The van der Waals surface area contributed by atoms with Gasteiger partial charge in [-0.15, -0.1) is 0 Å². The standard InChI is InChI=1S/C25H26N4O2S.2H2O/c26-15-22-14-21(7-8-24(22)31-16-19-3-4-19)23-9-10-27-25(29-23)13-18-1-5-20(6-2-18)17-32-28-11-12-30;;/h1-2,5-10,14,19,28,30H,3-4,11-13,16-17H2;2*1H2. The Kier molecular flexibility index (Phi) is 10.9. The first-order valence-electron chi connectivity index (χ1n) is 10.8. The Morgan fingerprint density at radius 2 is 1.85 bits per heavy atom. The average Bonchev–Trinajstić information content (AvgIpc) is 3.66. The minimum atomic E-state index is 0. The highest BCUT2D eigenvalue weighted by molar-refractivity contribution is 7.96. The van der Waals surface area contributed by atoms with Crippen molar-refractivity contribution in [3.05, 3.63) is 77.2 Å². The number of rotatable bonds is 11. The number of benzene rings is 2. The first-order chi connectivity index (χ1) is 15.7. The zero-order chi connectivity index (χ0) is 22.2. The lowest BCUT2D eigenvalue weighted by molar-refractivity contribution is 0.299. The second kappa shape index (κ2) is 13.6. The number of aliphatic hydroxyl groups is 1. The SMILES string of the molecule is N#Cc1cc(-c2ccnc(Cc3ccc(CSNCCO)cc3)n2)ccc1OCC1CC1.O.O. The van der Waals surface area contributed by atoms with E-state index in [4.69, 9.17) is 14.8 Å². The van der Waals surface area contributed by atoms with Crippen LogP contribution in [0.2, 0.25) is 0 Å². The third-order valence-corrected chi connectivity index (χ3v) is 6.10. The van der Waals surface area contributed by atoms with Crippen LogP contribution in [0.5, 0.6) is 5.75 Å². The molecule has 1 aromatic heterocycles. The molecule has 0 aliphatic heterocycles. The first kappa shape index (κ1) is 27.2. The van der Waals surface area contributed by atoms with Crippen molar-refractivity contribution in [1.82, 2.24) is 14.7 Å². The summed E-state index contributed by atoms with van der Waals surface area (Å²) in [5.74, 6) is 2.86. The second-order valence-electron chi connectivity index (χ2n) is 7.84. The van der Waals surface area contributed by atoms with E-state index in [0.717, 1.165) is 28.4 Å². The topological polar surface area (TPSA) is 154 Å². The molecule has 0 amide bonds. The van der Waals surface area contributed by atoms with Crippen LogP contribution in [-0.4, -0.2) is 45.8 Å². The van der Waals surface area contributed by atoms with Gasteiger partial charge in [0.15, 0.2) is 0 Å². The Bertz CT molecular complexity index is 1090. The summed E-state index contributed by atoms with van der Waals surface area (Å²) >= 11 is 1.59. The highest BCUT2D eigenvalue weighted by Gasteiger charge is 2.22. The molecule has 0 saturated heterocycles. The van der Waals surface area contributed by atoms with Gasteiger partial charge in [-0.2, -0.15) is 5.26 Å². The molecule has 8 nitrogen and oxygen atoms in total. The summed E-state index contributed by atoms with van der Waals surface area (Å²) < 4.78 is 8.92. The molecule has 0 bridgehead atoms. The predicted octanol–water partition coefficient (Wildman–Crippen LogP) is 2.48. The maximum Gasteiger partial charge on any atom is 0.137 e. The van der Waals surface area contributed by atoms with Crippen molar-refractivity contribution >= 4 is 11.9 Å². The molecule has 1 heterocycles. The average molecular weight is 483 g/mol. The van der Waals surface area contributed by atoms with Gasteiger partial charge in [-0.1, -0.05) is 36.2 Å². The number of nitriles is 1. The number of nitrogens with zero attached hydrogens (tertiary/aromatic N) is 3. The number of nitrogens with one attached hydrogen (secondary N) is 1. The van der Waals surface area contributed by atoms with Gasteiger partial charge in [-0.25, -0.2) is 9.97 Å². The molecule has 0 spiro atoms. The Morgan fingerprint density at radius 3 is 2.56 bits per heavy atom. The molecule has 1 saturated carbocycles. The third-order valence-electron chi connectivity index (χ3n) is 5.21. The van der Waals surface area contributed by atoms with Crippen LogP contribution in [0.25, 0.3) is 11.3 Å². The highest BCUT2D eigenvalue weighted by Crippen LogP contribution is 2.31. The van der Waals surface area contributed by atoms with E-state index >= 15 is 0 Å². The molecule has 1 aliphatic carbocycles. The van der Waals surface area contributed by atoms with E-state index in [-0.39, 0.29) is 17.6 Å². The zero-order valence-corrected chi connectivity index (χ0v) is 19.6. The molecule has 3 aromatic rings. The summed E-state index contributed by atoms with van der Waals surface area (Å²) in [5, 5.41) is 18.3. The largest absolute Gasteiger partial charge is 0.492 e. The summed E-state index contributed by atoms with van der Waals surface area (Å²) in [6, 6.07) is 18.2. The summed E-state index contributed by atoms with van der Waals surface area (Å²) in [6.07, 6.45) is 4.83. The van der Waals surface area contributed by atoms with E-state index in [1.165, 1.54) is 18.4 Å². The molecule has 2 aromatic carbocycles. The van der Waals surface area contributed by atoms with Gasteiger partial charge in [0.05, 0.1) is 24.5 Å². The Morgan fingerprint density at radius 1 is 1.09 bits per heavy atom. The van der Waals surface area contributed by atoms with Crippen LogP contribution < -0.4 is 9.46 Å². The first-order valence-corrected chi connectivity index (χ1v) is 11.8. The van der Waals surface area contributed by atoms with Gasteiger partial charge < -0.3 is 20.8 Å². The van der Waals surface area contributed by atoms with Crippen LogP contribution in [0.1, 0.15) is 35.4 Å². The Hall–Kier alpha value is -3.00. The number of aliphatic hydroxyl groups excluding tert-OH is 1. The maximum atomic E-state index is 9.54. The van der Waals surface area contributed by atoms with Crippen LogP contribution in [0.4, 0.5) is 0 Å². The molecule has 0 unspecified atom stereocenters. The van der Waals surface area contributed by atoms with Crippen LogP contribution in [0, 0.1) is 17.2 Å². The van der Waals surface area contributed by atoms with E-state index in [2.05, 4.69) is 40.0 Å². The fraction of sp³-hybridized carbons (Fsp3) is 0.320. The van der Waals surface area contributed by atoms with E-state index in [9.17, 15) is 5.26 Å². The molecule has 34 heavy (non-hydrogen) atoms. The normalized spacial score (nSPS) is 12.2. The van der Waals surface area contributed by atoms with E-state index in [1.54, 1.807) is 18.1 Å². The fourth-order valence-electron chi connectivity index (χ4n) is 3.23. The van der Waals surface area contributed by atoms with Gasteiger partial charge in [0.2, 0.25) is 0 Å². The number of aromatic nitrogens is 2. The molecule has 1 aliphatic rings. The predicted molar refractivity (Wildman–Crippen MR) is 133 cm³/mol. The van der Waals surface area contributed by atoms with Crippen LogP contribution in [-0.2, 0) is 12.2 Å². The van der Waals surface area contributed by atoms with Crippen molar-refractivity contribution in [3.63, 3.8) is 0 Å². The zero-order valence-electron chi connectivity index (χ0n) is 18.8. The summed E-state index contributed by atoms with van der Waals surface area (Å²) in [4.78, 5) is 9.15. The van der Waals surface area contributed by atoms with Gasteiger partial charge >= 0.3 is 0 Å². The monoisotopic (exact) mass is 482 g/mol. The number of hydrogen-bond donors (Lipinski definition) is 2. The summed E-state index contributed by atoms with van der Waals surface area (Å²) in [6.45, 7) is 1.41. The van der Waals surface area contributed by atoms with E-state index in [1.807, 2.05) is 24.3 Å². The minimum Gasteiger partial charge on any atom is -0.492 e. The lowest BCUT2D eigenvalue weighted by atomic mass is 10.1. The van der Waals surface area contributed by atoms with Crippen molar-refractivity contribution in [3.8, 4) is 23.1 Å². The molecule has 9 heteroatoms. The van der Waals surface area contributed by atoms with Crippen molar-refractivity contribution in [1.29, 1.82) is 5.26 Å². The minimum absolute atomic E-state index is 0. The van der Waals surface area contributed by atoms with Crippen molar-refractivity contribution in [2.75, 3.05) is 19.8 Å². The lowest BCUT2D eigenvalue weighted by Crippen LogP contribution is -2.09. The van der Waals surface area contributed by atoms with Gasteiger partial charge in [-0.05, 0) is 54.2 Å². The molecule has 0 atom stereocenters. The number of hydrogen-bond acceptors (Lipinski definition) is 7. The molecule has 1 fully saturated rings. The molecular weight excluding hydrogens is 452 g/mol. The number of ether oxygens (including phenoxy) is 1. The Balaban J connectivity index is 0.00000204. The smallest absolute Gasteiger partial charge is 0.137 e. The fourth-order valence-corrected chi connectivity index (χ4v) is 3.92. The van der Waals surface area contributed by atoms with E-state index < -0.39 is 0 Å². The molecule has 4 rings (SSSR count). The van der Waals surface area contributed by atoms with Gasteiger partial charge in [-0.3, -0.25) is 4.72 Å². The lowest BCUT2D eigenvalue weighted by Gasteiger charge is -2.09. The second-order valence-corrected chi connectivity index (χ2v) is 8.70. The van der Waals surface area contributed by atoms with Crippen molar-refractivity contribution in [2.24, 2.45) is 5.92 Å². The highest BCUT2D eigenvalue weighted by atomic mass is 32.2. The van der Waals surface area contributed by atoms with Crippen LogP contribution >= 0.6 is 11.9 Å². The Labute approximate surface area is 203 Å². The van der Waals surface area contributed by atoms with Crippen molar-refractivity contribution < 1.29 is 20.8 Å². The molecule has 6 N–H and O–H groups in total. The van der Waals surface area contributed by atoms with Gasteiger partial charge in [0.25, 0.3) is 0 Å². The van der Waals surface area contributed by atoms with Gasteiger partial charge in [0, 0.05) is 30.5 Å². The molecule has 180 valence electrons. The van der Waals surface area contributed by atoms with Crippen LogP contribution in [0.15, 0.2) is 54.7 Å². The third kappa shape index (κ3) is 7.80. The van der Waals surface area contributed by atoms with Gasteiger partial charge in [0.1, 0.15) is 17.6 Å². The summed E-state index contributed by atoms with van der Waals surface area (Å²) in [5.41, 5.74) is 4.56.